The lowest BCUT2D eigenvalue weighted by Gasteiger charge is -2.42. The minimum atomic E-state index is -0.644. The van der Waals surface area contributed by atoms with Crippen LogP contribution in [-0.2, 0) is 9.53 Å². The van der Waals surface area contributed by atoms with Crippen LogP contribution in [0.5, 0.6) is 5.75 Å². The van der Waals surface area contributed by atoms with Gasteiger partial charge in [-0.1, -0.05) is 11.6 Å². The van der Waals surface area contributed by atoms with Gasteiger partial charge in [0, 0.05) is 25.9 Å². The molecule has 2 heterocycles. The Hall–Kier alpha value is -2.08. The number of carbonyl (C=O) groups excluding carboxylic acids is 2. The minimum Gasteiger partial charge on any atom is -0.484 e. The third-order valence-electron chi connectivity index (χ3n) is 5.40. The summed E-state index contributed by atoms with van der Waals surface area (Å²) in [4.78, 5) is 29.5. The predicted octanol–water partition coefficient (Wildman–Crippen LogP) is 2.25. The van der Waals surface area contributed by atoms with Crippen molar-refractivity contribution in [1.82, 2.24) is 9.80 Å². The molecule has 0 N–H and O–H groups in total. The first-order chi connectivity index (χ1) is 12.3. The van der Waals surface area contributed by atoms with Gasteiger partial charge in [0.2, 0.25) is 0 Å². The zero-order valence-corrected chi connectivity index (χ0v) is 16.1. The molecular weight excluding hydrogens is 332 g/mol. The van der Waals surface area contributed by atoms with Crippen LogP contribution >= 0.6 is 0 Å². The summed E-state index contributed by atoms with van der Waals surface area (Å²) in [5, 5.41) is 0. The predicted molar refractivity (Wildman–Crippen MR) is 98.4 cm³/mol. The Labute approximate surface area is 155 Å². The summed E-state index contributed by atoms with van der Waals surface area (Å²) in [6.07, 6.45) is 1.63. The molecule has 0 aromatic heterocycles. The summed E-state index contributed by atoms with van der Waals surface area (Å²) in [5.74, 6) is 0.0730. The molecule has 0 unspecified atom stereocenters. The second-order valence-corrected chi connectivity index (χ2v) is 7.45. The lowest BCUT2D eigenvalue weighted by Crippen LogP contribution is -2.56. The number of hydrogen-bond acceptors (Lipinski definition) is 5. The maximum Gasteiger partial charge on any atom is 0.328 e. The molecule has 2 aliphatic rings. The zero-order valence-electron chi connectivity index (χ0n) is 16.1. The number of ether oxygens (including phenoxy) is 2. The van der Waals surface area contributed by atoms with Crippen molar-refractivity contribution in [3.63, 3.8) is 0 Å². The van der Waals surface area contributed by atoms with Crippen LogP contribution < -0.4 is 4.74 Å². The van der Waals surface area contributed by atoms with Crippen LogP contribution in [0.25, 0.3) is 0 Å². The van der Waals surface area contributed by atoms with Crippen molar-refractivity contribution in [2.45, 2.75) is 45.3 Å². The van der Waals surface area contributed by atoms with E-state index < -0.39 is 11.6 Å². The van der Waals surface area contributed by atoms with Gasteiger partial charge < -0.3 is 19.3 Å². The summed E-state index contributed by atoms with van der Waals surface area (Å²) in [7, 11) is 2.09. The van der Waals surface area contributed by atoms with Crippen molar-refractivity contribution in [3.8, 4) is 5.75 Å². The Morgan fingerprint density at radius 2 is 2.04 bits per heavy atom. The monoisotopic (exact) mass is 360 g/mol. The molecule has 142 valence electrons. The van der Waals surface area contributed by atoms with Crippen LogP contribution in [0.15, 0.2) is 18.2 Å². The second kappa shape index (κ2) is 7.27. The highest BCUT2D eigenvalue weighted by molar-refractivity contribution is 5.99. The summed E-state index contributed by atoms with van der Waals surface area (Å²) >= 11 is 0. The largest absolute Gasteiger partial charge is 0.484 e. The maximum atomic E-state index is 13.3. The van der Waals surface area contributed by atoms with Crippen molar-refractivity contribution in [1.29, 1.82) is 0 Å². The lowest BCUT2D eigenvalue weighted by atomic mass is 9.90. The van der Waals surface area contributed by atoms with Crippen LogP contribution in [0.4, 0.5) is 0 Å². The Morgan fingerprint density at radius 1 is 1.35 bits per heavy atom. The molecule has 6 heteroatoms. The fourth-order valence-electron chi connectivity index (χ4n) is 3.69. The summed E-state index contributed by atoms with van der Waals surface area (Å²) < 4.78 is 11.6. The number of benzene rings is 1. The van der Waals surface area contributed by atoms with E-state index in [0.717, 1.165) is 31.5 Å². The van der Waals surface area contributed by atoms with Gasteiger partial charge in [0.15, 0.2) is 0 Å². The van der Waals surface area contributed by atoms with Gasteiger partial charge in [0.05, 0.1) is 18.7 Å². The van der Waals surface area contributed by atoms with Gasteiger partial charge in [-0.15, -0.1) is 0 Å². The smallest absolute Gasteiger partial charge is 0.328 e. The van der Waals surface area contributed by atoms with Gasteiger partial charge in [0.25, 0.3) is 5.91 Å². The molecule has 1 aromatic carbocycles. The Balaban J connectivity index is 2.00. The molecule has 2 aliphatic heterocycles. The number of piperidine rings is 1. The van der Waals surface area contributed by atoms with E-state index in [1.54, 1.807) is 18.7 Å². The van der Waals surface area contributed by atoms with E-state index >= 15 is 0 Å². The van der Waals surface area contributed by atoms with Crippen molar-refractivity contribution < 1.29 is 19.1 Å². The average Bonchev–Trinajstić information content (AvgIpc) is 2.73. The molecule has 26 heavy (non-hydrogen) atoms. The van der Waals surface area contributed by atoms with Crippen molar-refractivity contribution in [3.05, 3.63) is 29.3 Å². The van der Waals surface area contributed by atoms with Crippen molar-refractivity contribution in [2.24, 2.45) is 0 Å². The van der Waals surface area contributed by atoms with Crippen molar-refractivity contribution in [2.75, 3.05) is 33.3 Å². The van der Waals surface area contributed by atoms with Gasteiger partial charge >= 0.3 is 5.97 Å². The minimum absolute atomic E-state index is 0.167. The molecule has 3 rings (SSSR count). The summed E-state index contributed by atoms with van der Waals surface area (Å²) in [6.45, 7) is 7.95. The van der Waals surface area contributed by atoms with E-state index in [0.29, 0.717) is 24.5 Å². The number of carbonyl (C=O) groups is 2. The summed E-state index contributed by atoms with van der Waals surface area (Å²) in [5.41, 5.74) is 1.05. The highest BCUT2D eigenvalue weighted by Crippen LogP contribution is 2.36. The molecule has 0 saturated carbocycles. The maximum absolute atomic E-state index is 13.3. The molecule has 6 nitrogen and oxygen atoms in total. The fraction of sp³-hybridized carbons (Fsp3) is 0.600. The van der Waals surface area contributed by atoms with Crippen LogP contribution in [0.2, 0.25) is 0 Å². The van der Waals surface area contributed by atoms with E-state index in [4.69, 9.17) is 9.47 Å². The van der Waals surface area contributed by atoms with Crippen LogP contribution in [0.1, 0.15) is 42.6 Å². The summed E-state index contributed by atoms with van der Waals surface area (Å²) in [6, 6.07) is 5.03. The number of likely N-dealkylation sites (tertiary alicyclic amines) is 1. The van der Waals surface area contributed by atoms with Crippen molar-refractivity contribution >= 4 is 11.9 Å². The molecule has 1 fully saturated rings. The number of aryl methyl sites for hydroxylation is 1. The van der Waals surface area contributed by atoms with Gasteiger partial charge in [-0.2, -0.15) is 0 Å². The average molecular weight is 360 g/mol. The highest BCUT2D eigenvalue weighted by atomic mass is 16.5. The van der Waals surface area contributed by atoms with Crippen LogP contribution in [0.3, 0.4) is 0 Å². The standard InChI is InChI=1S/C20H28N2O4/c1-5-25-19(24)15(3)22-13-20(8-10-21(4)11-9-20)26-17-7-6-14(2)12-16(17)18(22)23/h6-7,12,15H,5,8-11,13H2,1-4H3/t15-/m0/s1. The normalized spacial score (nSPS) is 20.9. The molecular formula is C20H28N2O4. The van der Waals surface area contributed by atoms with Gasteiger partial charge in [-0.3, -0.25) is 4.79 Å². The molecule has 0 bridgehead atoms. The number of amides is 1. The Kier molecular flexibility index (Phi) is 5.23. The quantitative estimate of drug-likeness (QED) is 0.774. The molecule has 1 amide bonds. The SMILES string of the molecule is CCOC(=O)[C@H](C)N1CC2(CCN(C)CC2)Oc2ccc(C)cc2C1=O. The third-order valence-corrected chi connectivity index (χ3v) is 5.40. The number of rotatable bonds is 3. The number of hydrogen-bond donors (Lipinski definition) is 0. The first kappa shape index (κ1) is 18.7. The van der Waals surface area contributed by atoms with E-state index in [1.807, 2.05) is 25.1 Å². The van der Waals surface area contributed by atoms with E-state index in [-0.39, 0.29) is 11.9 Å². The molecule has 1 saturated heterocycles. The van der Waals surface area contributed by atoms with E-state index in [9.17, 15) is 9.59 Å². The Bertz CT molecular complexity index is 695. The van der Waals surface area contributed by atoms with Gasteiger partial charge in [0.1, 0.15) is 17.4 Å². The van der Waals surface area contributed by atoms with Gasteiger partial charge in [-0.05, 0) is 40.0 Å². The highest BCUT2D eigenvalue weighted by Gasteiger charge is 2.44. The molecule has 0 radical (unpaired) electrons. The van der Waals surface area contributed by atoms with E-state index in [2.05, 4.69) is 11.9 Å². The molecule has 1 aromatic rings. The molecule has 0 aliphatic carbocycles. The third kappa shape index (κ3) is 3.56. The topological polar surface area (TPSA) is 59.1 Å². The lowest BCUT2D eigenvalue weighted by molar-refractivity contribution is -0.148. The number of esters is 1. The first-order valence-corrected chi connectivity index (χ1v) is 9.31. The van der Waals surface area contributed by atoms with Crippen LogP contribution in [-0.4, -0.2) is 66.6 Å². The van der Waals surface area contributed by atoms with Crippen LogP contribution in [0, 0.1) is 6.92 Å². The Morgan fingerprint density at radius 3 is 2.69 bits per heavy atom. The number of nitrogens with zero attached hydrogens (tertiary/aromatic N) is 2. The second-order valence-electron chi connectivity index (χ2n) is 7.45. The first-order valence-electron chi connectivity index (χ1n) is 9.31. The zero-order chi connectivity index (χ0) is 18.9. The fourth-order valence-corrected chi connectivity index (χ4v) is 3.69. The van der Waals surface area contributed by atoms with Gasteiger partial charge in [-0.25, -0.2) is 4.79 Å². The number of fused-ring (bicyclic) bond motifs is 1. The molecule has 1 atom stereocenters. The molecule has 1 spiro atoms. The van der Waals surface area contributed by atoms with E-state index in [1.165, 1.54) is 0 Å².